The second-order valence-electron chi connectivity index (χ2n) is 7.19. The van der Waals surface area contributed by atoms with E-state index in [1.54, 1.807) is 6.07 Å². The molecule has 30 heavy (non-hydrogen) atoms. The highest BCUT2D eigenvalue weighted by Gasteiger charge is 2.18. The molecule has 3 heterocycles. The standard InChI is InChI=1S/C22H21N3O5/c1-12-8-18(14(3)25(12)20-9-13(2)30-24-20)21(26)23-7-6-17-10-15-4-5-16(22(27)28)11-19(15)29-17/h4-5,8-11H,6-7H2,1-3H3,(H,23,26)(H,27,28). The molecular formula is C22H21N3O5. The van der Waals surface area contributed by atoms with Crippen molar-refractivity contribution in [1.82, 2.24) is 15.0 Å². The summed E-state index contributed by atoms with van der Waals surface area (Å²) in [5, 5.41) is 16.8. The fourth-order valence-corrected chi connectivity index (χ4v) is 3.54. The van der Waals surface area contributed by atoms with Crippen LogP contribution in [0.5, 0.6) is 0 Å². The predicted octanol–water partition coefficient (Wildman–Crippen LogP) is 3.81. The molecule has 0 saturated heterocycles. The monoisotopic (exact) mass is 407 g/mol. The summed E-state index contributed by atoms with van der Waals surface area (Å²) in [7, 11) is 0. The van der Waals surface area contributed by atoms with Crippen molar-refractivity contribution in [2.24, 2.45) is 0 Å². The predicted molar refractivity (Wildman–Crippen MR) is 109 cm³/mol. The van der Waals surface area contributed by atoms with Gasteiger partial charge in [0, 0.05) is 35.8 Å². The number of amides is 1. The zero-order valence-electron chi connectivity index (χ0n) is 16.9. The average Bonchev–Trinajstić information content (AvgIpc) is 3.37. The minimum Gasteiger partial charge on any atom is -0.478 e. The summed E-state index contributed by atoms with van der Waals surface area (Å²) < 4.78 is 12.7. The van der Waals surface area contributed by atoms with E-state index < -0.39 is 5.97 Å². The van der Waals surface area contributed by atoms with Crippen LogP contribution in [0.25, 0.3) is 16.8 Å². The van der Waals surface area contributed by atoms with E-state index in [0.29, 0.717) is 41.5 Å². The Morgan fingerprint density at radius 2 is 1.93 bits per heavy atom. The van der Waals surface area contributed by atoms with Gasteiger partial charge in [-0.2, -0.15) is 0 Å². The first-order chi connectivity index (χ1) is 14.3. The van der Waals surface area contributed by atoms with Crippen molar-refractivity contribution in [2.45, 2.75) is 27.2 Å². The second kappa shape index (κ2) is 7.55. The SMILES string of the molecule is Cc1cc(-n2c(C)cc(C(=O)NCCc3cc4ccc(C(=O)O)cc4o3)c2C)no1. The lowest BCUT2D eigenvalue weighted by molar-refractivity contribution is 0.0696. The van der Waals surface area contributed by atoms with Gasteiger partial charge in [0.25, 0.3) is 5.91 Å². The van der Waals surface area contributed by atoms with E-state index in [1.807, 2.05) is 43.5 Å². The van der Waals surface area contributed by atoms with Crippen LogP contribution < -0.4 is 5.32 Å². The van der Waals surface area contributed by atoms with E-state index in [9.17, 15) is 9.59 Å². The van der Waals surface area contributed by atoms with Gasteiger partial charge in [0.05, 0.1) is 11.1 Å². The van der Waals surface area contributed by atoms with Gasteiger partial charge >= 0.3 is 5.97 Å². The van der Waals surface area contributed by atoms with Crippen molar-refractivity contribution < 1.29 is 23.6 Å². The summed E-state index contributed by atoms with van der Waals surface area (Å²) in [6, 6.07) is 10.2. The van der Waals surface area contributed by atoms with Gasteiger partial charge in [-0.15, -0.1) is 0 Å². The molecule has 0 fully saturated rings. The molecule has 0 atom stereocenters. The van der Waals surface area contributed by atoms with Crippen LogP contribution in [0.15, 0.2) is 45.3 Å². The first kappa shape index (κ1) is 19.5. The third-order valence-corrected chi connectivity index (χ3v) is 5.00. The van der Waals surface area contributed by atoms with Gasteiger partial charge in [0.1, 0.15) is 17.1 Å². The van der Waals surface area contributed by atoms with E-state index in [4.69, 9.17) is 14.0 Å². The normalized spacial score (nSPS) is 11.2. The number of benzene rings is 1. The van der Waals surface area contributed by atoms with E-state index in [1.165, 1.54) is 12.1 Å². The summed E-state index contributed by atoms with van der Waals surface area (Å²) in [6.45, 7) is 5.98. The number of nitrogens with one attached hydrogen (secondary N) is 1. The molecule has 0 aliphatic heterocycles. The topological polar surface area (TPSA) is 110 Å². The van der Waals surface area contributed by atoms with Gasteiger partial charge in [-0.1, -0.05) is 11.2 Å². The summed E-state index contributed by atoms with van der Waals surface area (Å²) >= 11 is 0. The lowest BCUT2D eigenvalue weighted by Crippen LogP contribution is -2.26. The zero-order chi connectivity index (χ0) is 21.4. The quantitative estimate of drug-likeness (QED) is 0.503. The van der Waals surface area contributed by atoms with Crippen LogP contribution in [0.1, 0.15) is 43.6 Å². The number of carboxylic acids is 1. The number of furan rings is 1. The highest BCUT2D eigenvalue weighted by molar-refractivity contribution is 5.96. The number of rotatable bonds is 6. The third-order valence-electron chi connectivity index (χ3n) is 5.00. The third kappa shape index (κ3) is 3.59. The van der Waals surface area contributed by atoms with Crippen molar-refractivity contribution in [2.75, 3.05) is 6.54 Å². The highest BCUT2D eigenvalue weighted by atomic mass is 16.5. The lowest BCUT2D eigenvalue weighted by atomic mass is 10.1. The molecule has 2 N–H and O–H groups in total. The number of aromatic nitrogens is 2. The molecule has 8 nitrogen and oxygen atoms in total. The molecule has 4 rings (SSSR count). The van der Waals surface area contributed by atoms with Crippen LogP contribution in [0.3, 0.4) is 0 Å². The second-order valence-corrected chi connectivity index (χ2v) is 7.19. The van der Waals surface area contributed by atoms with Crippen molar-refractivity contribution >= 4 is 22.8 Å². The van der Waals surface area contributed by atoms with E-state index in [-0.39, 0.29) is 11.5 Å². The number of carboxylic acid groups (broad SMARTS) is 1. The largest absolute Gasteiger partial charge is 0.478 e. The maximum Gasteiger partial charge on any atom is 0.335 e. The van der Waals surface area contributed by atoms with Crippen LogP contribution in [0.4, 0.5) is 0 Å². The molecule has 8 heteroatoms. The van der Waals surface area contributed by atoms with Crippen LogP contribution in [-0.2, 0) is 6.42 Å². The molecule has 0 aliphatic carbocycles. The number of fused-ring (bicyclic) bond motifs is 1. The molecule has 3 aromatic heterocycles. The lowest BCUT2D eigenvalue weighted by Gasteiger charge is -2.06. The minimum absolute atomic E-state index is 0.175. The Morgan fingerprint density at radius 1 is 1.13 bits per heavy atom. The number of carbonyl (C=O) groups is 2. The Morgan fingerprint density at radius 3 is 2.63 bits per heavy atom. The fraction of sp³-hybridized carbons (Fsp3) is 0.227. The summed E-state index contributed by atoms with van der Waals surface area (Å²) in [4.78, 5) is 23.8. The van der Waals surface area contributed by atoms with Crippen LogP contribution in [-0.4, -0.2) is 33.3 Å². The van der Waals surface area contributed by atoms with E-state index in [0.717, 1.165) is 16.8 Å². The molecule has 0 aliphatic rings. The maximum absolute atomic E-state index is 12.7. The van der Waals surface area contributed by atoms with Crippen molar-refractivity contribution in [3.05, 3.63) is 70.4 Å². The van der Waals surface area contributed by atoms with Gasteiger partial charge in [-0.25, -0.2) is 4.79 Å². The van der Waals surface area contributed by atoms with Crippen molar-refractivity contribution in [3.63, 3.8) is 0 Å². The van der Waals surface area contributed by atoms with Crippen LogP contribution in [0, 0.1) is 20.8 Å². The fourth-order valence-electron chi connectivity index (χ4n) is 3.54. The molecule has 0 radical (unpaired) electrons. The highest BCUT2D eigenvalue weighted by Crippen LogP contribution is 2.22. The number of nitrogens with zero attached hydrogens (tertiary/aromatic N) is 2. The molecule has 0 bridgehead atoms. The average molecular weight is 407 g/mol. The Kier molecular flexibility index (Phi) is 4.91. The van der Waals surface area contributed by atoms with Crippen molar-refractivity contribution in [3.8, 4) is 5.82 Å². The Bertz CT molecular complexity index is 1260. The van der Waals surface area contributed by atoms with Gasteiger partial charge in [-0.05, 0) is 45.0 Å². The van der Waals surface area contributed by atoms with Gasteiger partial charge < -0.3 is 19.4 Å². The summed E-state index contributed by atoms with van der Waals surface area (Å²) in [5.74, 6) is 0.838. The van der Waals surface area contributed by atoms with Crippen LogP contribution >= 0.6 is 0 Å². The number of aryl methyl sites for hydroxylation is 2. The Labute approximate surface area is 172 Å². The minimum atomic E-state index is -1.000. The summed E-state index contributed by atoms with van der Waals surface area (Å²) in [5.41, 5.74) is 2.93. The zero-order valence-corrected chi connectivity index (χ0v) is 16.9. The first-order valence-corrected chi connectivity index (χ1v) is 9.50. The molecular weight excluding hydrogens is 386 g/mol. The molecule has 0 saturated carbocycles. The Balaban J connectivity index is 1.44. The molecule has 154 valence electrons. The first-order valence-electron chi connectivity index (χ1n) is 9.50. The van der Waals surface area contributed by atoms with Gasteiger partial charge in [0.15, 0.2) is 5.82 Å². The number of aromatic carboxylic acids is 1. The van der Waals surface area contributed by atoms with E-state index >= 15 is 0 Å². The summed E-state index contributed by atoms with van der Waals surface area (Å²) in [6.07, 6.45) is 0.490. The van der Waals surface area contributed by atoms with E-state index in [2.05, 4.69) is 10.5 Å². The van der Waals surface area contributed by atoms with Gasteiger partial charge in [0.2, 0.25) is 0 Å². The number of hydrogen-bond donors (Lipinski definition) is 2. The number of hydrogen-bond acceptors (Lipinski definition) is 5. The molecule has 0 spiro atoms. The molecule has 1 aromatic carbocycles. The smallest absolute Gasteiger partial charge is 0.335 e. The molecule has 0 unspecified atom stereocenters. The number of carbonyl (C=O) groups excluding carboxylic acids is 1. The molecule has 1 amide bonds. The van der Waals surface area contributed by atoms with Gasteiger partial charge in [-0.3, -0.25) is 9.36 Å². The Hall–Kier alpha value is -3.81. The van der Waals surface area contributed by atoms with Crippen LogP contribution in [0.2, 0.25) is 0 Å². The maximum atomic E-state index is 12.7. The molecule has 4 aromatic rings. The van der Waals surface area contributed by atoms with Crippen molar-refractivity contribution in [1.29, 1.82) is 0 Å².